The van der Waals surface area contributed by atoms with Crippen LogP contribution >= 0.6 is 0 Å². The minimum atomic E-state index is 0.0250. The first-order valence-corrected chi connectivity index (χ1v) is 12.9. The Hall–Kier alpha value is -3.41. The fraction of sp³-hybridized carbons (Fsp3) is 0.414. The van der Waals surface area contributed by atoms with Crippen molar-refractivity contribution < 1.29 is 4.79 Å². The van der Waals surface area contributed by atoms with Crippen molar-refractivity contribution in [1.82, 2.24) is 20.3 Å². The SMILES string of the molecule is CN(C)c1nc(CCCC2CCC(CNC(=O)c3c[nH]c4ccccc34)CC2)nc2ccccc12. The Morgan fingerprint density at radius 2 is 1.69 bits per heavy atom. The Bertz CT molecular complexity index is 1300. The van der Waals surface area contributed by atoms with Crippen molar-refractivity contribution in [3.63, 3.8) is 0 Å². The van der Waals surface area contributed by atoms with Crippen LogP contribution in [-0.2, 0) is 6.42 Å². The fourth-order valence-electron chi connectivity index (χ4n) is 5.42. The molecule has 6 heteroatoms. The number of hydrogen-bond acceptors (Lipinski definition) is 4. The number of hydrogen-bond donors (Lipinski definition) is 2. The number of carbonyl (C=O) groups excluding carboxylic acids is 1. The van der Waals surface area contributed by atoms with Crippen molar-refractivity contribution in [2.75, 3.05) is 25.5 Å². The minimum absolute atomic E-state index is 0.0250. The van der Waals surface area contributed by atoms with Gasteiger partial charge in [-0.15, -0.1) is 0 Å². The molecule has 4 aromatic rings. The summed E-state index contributed by atoms with van der Waals surface area (Å²) in [5, 5.41) is 5.27. The predicted molar refractivity (Wildman–Crippen MR) is 143 cm³/mol. The third-order valence-corrected chi connectivity index (χ3v) is 7.42. The number of aryl methyl sites for hydroxylation is 1. The van der Waals surface area contributed by atoms with E-state index in [1.807, 2.05) is 56.7 Å². The van der Waals surface area contributed by atoms with Gasteiger partial charge in [-0.3, -0.25) is 4.79 Å². The molecule has 1 aliphatic rings. The molecule has 2 aromatic carbocycles. The number of rotatable bonds is 8. The first kappa shape index (κ1) is 23.3. The number of amides is 1. The molecule has 0 aliphatic heterocycles. The van der Waals surface area contributed by atoms with Gasteiger partial charge in [0.1, 0.15) is 11.6 Å². The van der Waals surface area contributed by atoms with Crippen molar-refractivity contribution in [1.29, 1.82) is 0 Å². The Morgan fingerprint density at radius 1 is 0.971 bits per heavy atom. The lowest BCUT2D eigenvalue weighted by molar-refractivity contribution is 0.0942. The molecule has 182 valence electrons. The molecule has 0 unspecified atom stereocenters. The Balaban J connectivity index is 1.07. The van der Waals surface area contributed by atoms with Crippen LogP contribution in [0, 0.1) is 11.8 Å². The van der Waals surface area contributed by atoms with E-state index < -0.39 is 0 Å². The monoisotopic (exact) mass is 469 g/mol. The Morgan fingerprint density at radius 3 is 2.49 bits per heavy atom. The second-order valence-corrected chi connectivity index (χ2v) is 10.1. The van der Waals surface area contributed by atoms with Gasteiger partial charge in [-0.05, 0) is 49.3 Å². The van der Waals surface area contributed by atoms with Crippen molar-refractivity contribution in [3.05, 3.63) is 66.1 Å². The van der Waals surface area contributed by atoms with Crippen LogP contribution in [0.5, 0.6) is 0 Å². The summed E-state index contributed by atoms with van der Waals surface area (Å²) < 4.78 is 0. The first-order valence-electron chi connectivity index (χ1n) is 12.9. The van der Waals surface area contributed by atoms with E-state index in [0.29, 0.717) is 5.92 Å². The van der Waals surface area contributed by atoms with Gasteiger partial charge in [-0.25, -0.2) is 9.97 Å². The van der Waals surface area contributed by atoms with E-state index in [4.69, 9.17) is 9.97 Å². The van der Waals surface area contributed by atoms with E-state index in [0.717, 1.165) is 64.3 Å². The molecule has 2 aromatic heterocycles. The number of aromatic amines is 1. The van der Waals surface area contributed by atoms with E-state index in [9.17, 15) is 4.79 Å². The van der Waals surface area contributed by atoms with Gasteiger partial charge in [-0.1, -0.05) is 49.6 Å². The highest BCUT2D eigenvalue weighted by molar-refractivity contribution is 6.06. The highest BCUT2D eigenvalue weighted by Crippen LogP contribution is 2.32. The summed E-state index contributed by atoms with van der Waals surface area (Å²) in [6.07, 6.45) is 9.96. The second kappa shape index (κ2) is 10.5. The number of benzene rings is 2. The number of anilines is 1. The average molecular weight is 470 g/mol. The van der Waals surface area contributed by atoms with Crippen molar-refractivity contribution >= 4 is 33.5 Å². The van der Waals surface area contributed by atoms with Crippen molar-refractivity contribution in [3.8, 4) is 0 Å². The molecule has 0 saturated heterocycles. The summed E-state index contributed by atoms with van der Waals surface area (Å²) in [5.74, 6) is 3.31. The molecule has 5 rings (SSSR count). The number of nitrogens with one attached hydrogen (secondary N) is 2. The summed E-state index contributed by atoms with van der Waals surface area (Å²) in [5.41, 5.74) is 2.77. The van der Waals surface area contributed by atoms with Gasteiger partial charge in [0.05, 0.1) is 11.1 Å². The summed E-state index contributed by atoms with van der Waals surface area (Å²) in [7, 11) is 4.08. The van der Waals surface area contributed by atoms with E-state index in [2.05, 4.69) is 27.3 Å². The molecule has 0 atom stereocenters. The third-order valence-electron chi connectivity index (χ3n) is 7.42. The summed E-state index contributed by atoms with van der Waals surface area (Å²) in [6.45, 7) is 0.767. The smallest absolute Gasteiger partial charge is 0.253 e. The molecule has 1 fully saturated rings. The molecule has 1 saturated carbocycles. The fourth-order valence-corrected chi connectivity index (χ4v) is 5.42. The molecule has 2 heterocycles. The van der Waals surface area contributed by atoms with Crippen molar-refractivity contribution in [2.45, 2.75) is 44.9 Å². The van der Waals surface area contributed by atoms with Crippen molar-refractivity contribution in [2.24, 2.45) is 11.8 Å². The van der Waals surface area contributed by atoms with E-state index in [1.54, 1.807) is 0 Å². The highest BCUT2D eigenvalue weighted by atomic mass is 16.1. The van der Waals surface area contributed by atoms with Crippen LogP contribution in [0.1, 0.15) is 54.7 Å². The number of carbonyl (C=O) groups is 1. The average Bonchev–Trinajstić information content (AvgIpc) is 3.32. The van der Waals surface area contributed by atoms with Gasteiger partial charge in [-0.2, -0.15) is 0 Å². The topological polar surface area (TPSA) is 73.9 Å². The van der Waals surface area contributed by atoms with Crippen LogP contribution < -0.4 is 10.2 Å². The van der Waals surface area contributed by atoms with Gasteiger partial charge in [0, 0.05) is 49.5 Å². The maximum Gasteiger partial charge on any atom is 0.253 e. The lowest BCUT2D eigenvalue weighted by Gasteiger charge is -2.28. The quantitative estimate of drug-likeness (QED) is 0.345. The number of para-hydroxylation sites is 2. The van der Waals surface area contributed by atoms with E-state index >= 15 is 0 Å². The lowest BCUT2D eigenvalue weighted by Crippen LogP contribution is -2.31. The Labute approximate surface area is 207 Å². The minimum Gasteiger partial charge on any atom is -0.362 e. The number of aromatic nitrogens is 3. The van der Waals surface area contributed by atoms with Gasteiger partial charge in [0.15, 0.2) is 0 Å². The van der Waals surface area contributed by atoms with E-state index in [1.165, 1.54) is 32.1 Å². The zero-order valence-corrected chi connectivity index (χ0v) is 20.8. The summed E-state index contributed by atoms with van der Waals surface area (Å²) in [6, 6.07) is 16.2. The van der Waals surface area contributed by atoms with Gasteiger partial charge in [0.2, 0.25) is 0 Å². The zero-order chi connectivity index (χ0) is 24.2. The molecular formula is C29H35N5O. The number of fused-ring (bicyclic) bond motifs is 2. The normalized spacial score (nSPS) is 18.1. The zero-order valence-electron chi connectivity index (χ0n) is 20.8. The largest absolute Gasteiger partial charge is 0.362 e. The maximum absolute atomic E-state index is 12.7. The van der Waals surface area contributed by atoms with Crippen LogP contribution in [-0.4, -0.2) is 41.5 Å². The maximum atomic E-state index is 12.7. The first-order chi connectivity index (χ1) is 17.1. The van der Waals surface area contributed by atoms with Crippen LogP contribution in [0.25, 0.3) is 21.8 Å². The highest BCUT2D eigenvalue weighted by Gasteiger charge is 2.22. The molecule has 1 aliphatic carbocycles. The molecule has 1 amide bonds. The molecule has 0 bridgehead atoms. The van der Waals surface area contributed by atoms with Gasteiger partial charge >= 0.3 is 0 Å². The van der Waals surface area contributed by atoms with E-state index in [-0.39, 0.29) is 5.91 Å². The number of nitrogens with zero attached hydrogens (tertiary/aromatic N) is 3. The molecule has 0 spiro atoms. The number of H-pyrrole nitrogens is 1. The molecule has 0 radical (unpaired) electrons. The Kier molecular flexibility index (Phi) is 6.98. The molecule has 35 heavy (non-hydrogen) atoms. The summed E-state index contributed by atoms with van der Waals surface area (Å²) in [4.78, 5) is 27.6. The molecule has 6 nitrogen and oxygen atoms in total. The van der Waals surface area contributed by atoms with Gasteiger partial charge in [0.25, 0.3) is 5.91 Å². The van der Waals surface area contributed by atoms with Gasteiger partial charge < -0.3 is 15.2 Å². The van der Waals surface area contributed by atoms with Crippen LogP contribution in [0.2, 0.25) is 0 Å². The predicted octanol–water partition coefficient (Wildman–Crippen LogP) is 5.74. The summed E-state index contributed by atoms with van der Waals surface area (Å²) >= 11 is 0. The second-order valence-electron chi connectivity index (χ2n) is 10.1. The lowest BCUT2D eigenvalue weighted by atomic mass is 9.80. The van der Waals surface area contributed by atoms with Crippen LogP contribution in [0.15, 0.2) is 54.7 Å². The van der Waals surface area contributed by atoms with Crippen LogP contribution in [0.3, 0.4) is 0 Å². The standard InChI is InChI=1S/C29H35N5O/c1-34(2)28-23-10-4-6-12-26(23)32-27(33-28)13-7-8-20-14-16-21(17-15-20)18-31-29(35)24-19-30-25-11-5-3-9-22(24)25/h3-6,9-12,19-21,30H,7-8,13-18H2,1-2H3,(H,31,35). The molecular weight excluding hydrogens is 434 g/mol. The third kappa shape index (κ3) is 5.31. The molecule has 2 N–H and O–H groups in total. The van der Waals surface area contributed by atoms with Crippen LogP contribution in [0.4, 0.5) is 5.82 Å².